The molecular formula is C7H6BrN3. The normalized spacial score (nSPS) is 10.6. The lowest BCUT2D eigenvalue weighted by atomic mass is 10.4. The Bertz CT molecular complexity index is 393. The van der Waals surface area contributed by atoms with E-state index >= 15 is 0 Å². The van der Waals surface area contributed by atoms with Crippen molar-refractivity contribution in [2.24, 2.45) is 0 Å². The molecule has 0 aromatic carbocycles. The third-order valence-electron chi connectivity index (χ3n) is 1.51. The van der Waals surface area contributed by atoms with Gasteiger partial charge >= 0.3 is 0 Å². The highest BCUT2D eigenvalue weighted by atomic mass is 79.9. The summed E-state index contributed by atoms with van der Waals surface area (Å²) in [5.41, 5.74) is 7.33. The first kappa shape index (κ1) is 6.67. The van der Waals surface area contributed by atoms with Crippen LogP contribution in [0.25, 0.3) is 5.52 Å². The second kappa shape index (κ2) is 2.23. The van der Waals surface area contributed by atoms with E-state index < -0.39 is 0 Å². The summed E-state index contributed by atoms with van der Waals surface area (Å²) in [5, 5.41) is 0. The lowest BCUT2D eigenvalue weighted by Gasteiger charge is -1.94. The number of anilines is 1. The van der Waals surface area contributed by atoms with Gasteiger partial charge in [-0.1, -0.05) is 0 Å². The number of nitrogens with two attached hydrogens (primary N) is 1. The van der Waals surface area contributed by atoms with E-state index in [0.717, 1.165) is 15.8 Å². The van der Waals surface area contributed by atoms with E-state index in [2.05, 4.69) is 20.9 Å². The van der Waals surface area contributed by atoms with Crippen LogP contribution in [0.5, 0.6) is 0 Å². The van der Waals surface area contributed by atoms with Gasteiger partial charge in [-0.2, -0.15) is 0 Å². The zero-order valence-electron chi connectivity index (χ0n) is 5.66. The molecule has 0 spiro atoms. The predicted molar refractivity (Wildman–Crippen MR) is 47.3 cm³/mol. The number of nitrogen functional groups attached to an aromatic ring is 1. The van der Waals surface area contributed by atoms with Gasteiger partial charge in [0, 0.05) is 11.9 Å². The van der Waals surface area contributed by atoms with Crippen LogP contribution < -0.4 is 5.73 Å². The van der Waals surface area contributed by atoms with Crippen molar-refractivity contribution in [3.8, 4) is 0 Å². The third-order valence-corrected chi connectivity index (χ3v) is 2.12. The lowest BCUT2D eigenvalue weighted by molar-refractivity contribution is 1.16. The number of rotatable bonds is 0. The minimum absolute atomic E-state index is 0.738. The van der Waals surface area contributed by atoms with Gasteiger partial charge in [0.2, 0.25) is 0 Å². The third kappa shape index (κ3) is 0.991. The van der Waals surface area contributed by atoms with Gasteiger partial charge < -0.3 is 10.1 Å². The van der Waals surface area contributed by atoms with E-state index in [-0.39, 0.29) is 0 Å². The molecule has 0 saturated carbocycles. The molecule has 2 rings (SSSR count). The molecule has 0 fully saturated rings. The van der Waals surface area contributed by atoms with Gasteiger partial charge in [-0.05, 0) is 28.1 Å². The minimum Gasteiger partial charge on any atom is -0.398 e. The van der Waals surface area contributed by atoms with Crippen molar-refractivity contribution in [3.05, 3.63) is 29.3 Å². The Labute approximate surface area is 72.0 Å². The van der Waals surface area contributed by atoms with Crippen molar-refractivity contribution in [1.82, 2.24) is 9.38 Å². The van der Waals surface area contributed by atoms with Crippen molar-refractivity contribution in [2.45, 2.75) is 0 Å². The van der Waals surface area contributed by atoms with Crippen LogP contribution in [0.1, 0.15) is 0 Å². The number of halogens is 1. The van der Waals surface area contributed by atoms with E-state index in [0.29, 0.717) is 0 Å². The van der Waals surface area contributed by atoms with Gasteiger partial charge in [0.25, 0.3) is 0 Å². The summed E-state index contributed by atoms with van der Waals surface area (Å²) in [6.07, 6.45) is 3.54. The molecule has 0 saturated heterocycles. The highest BCUT2D eigenvalue weighted by Crippen LogP contribution is 2.16. The van der Waals surface area contributed by atoms with Crippen LogP contribution in [0.15, 0.2) is 29.3 Å². The molecule has 2 heterocycles. The Balaban J connectivity index is 2.86. The van der Waals surface area contributed by atoms with Crippen LogP contribution in [0.3, 0.4) is 0 Å². The topological polar surface area (TPSA) is 43.3 Å². The maximum absolute atomic E-state index is 5.57. The van der Waals surface area contributed by atoms with Crippen molar-refractivity contribution < 1.29 is 0 Å². The minimum atomic E-state index is 0.738. The van der Waals surface area contributed by atoms with E-state index in [1.807, 2.05) is 22.7 Å². The number of hydrogen-bond donors (Lipinski definition) is 1. The highest BCUT2D eigenvalue weighted by molar-refractivity contribution is 9.10. The molecule has 0 aliphatic carbocycles. The quantitative estimate of drug-likeness (QED) is 0.721. The molecule has 4 heteroatoms. The molecule has 0 radical (unpaired) electrons. The van der Waals surface area contributed by atoms with Gasteiger partial charge in [-0.3, -0.25) is 0 Å². The summed E-state index contributed by atoms with van der Waals surface area (Å²) >= 11 is 3.32. The maximum Gasteiger partial charge on any atom is 0.131 e. The first-order valence-electron chi connectivity index (χ1n) is 3.15. The first-order valence-corrected chi connectivity index (χ1v) is 3.94. The second-order valence-electron chi connectivity index (χ2n) is 2.29. The van der Waals surface area contributed by atoms with Crippen molar-refractivity contribution >= 4 is 27.1 Å². The number of aromatic nitrogens is 2. The van der Waals surface area contributed by atoms with Gasteiger partial charge in [0.15, 0.2) is 0 Å². The molecule has 0 amide bonds. The maximum atomic E-state index is 5.57. The van der Waals surface area contributed by atoms with E-state index in [4.69, 9.17) is 5.73 Å². The molecule has 0 bridgehead atoms. The molecule has 2 aromatic rings. The fourth-order valence-electron chi connectivity index (χ4n) is 0.984. The van der Waals surface area contributed by atoms with E-state index in [9.17, 15) is 0 Å². The molecule has 2 N–H and O–H groups in total. The summed E-state index contributed by atoms with van der Waals surface area (Å²) in [6.45, 7) is 0. The molecule has 2 aromatic heterocycles. The molecule has 3 nitrogen and oxygen atoms in total. The van der Waals surface area contributed by atoms with Crippen LogP contribution in [0, 0.1) is 0 Å². The number of hydrogen-bond acceptors (Lipinski definition) is 2. The first-order chi connectivity index (χ1) is 5.27. The monoisotopic (exact) mass is 211 g/mol. The average molecular weight is 212 g/mol. The highest BCUT2D eigenvalue weighted by Gasteiger charge is 1.98. The van der Waals surface area contributed by atoms with Crippen molar-refractivity contribution in [3.63, 3.8) is 0 Å². The predicted octanol–water partition coefficient (Wildman–Crippen LogP) is 1.68. The lowest BCUT2D eigenvalue weighted by Crippen LogP contribution is -1.88. The summed E-state index contributed by atoms with van der Waals surface area (Å²) in [7, 11) is 0. The zero-order chi connectivity index (χ0) is 7.84. The van der Waals surface area contributed by atoms with Crippen molar-refractivity contribution in [2.75, 3.05) is 5.73 Å². The van der Waals surface area contributed by atoms with Crippen LogP contribution in [0.2, 0.25) is 0 Å². The van der Waals surface area contributed by atoms with Gasteiger partial charge in [0.05, 0.1) is 5.52 Å². The summed E-state index contributed by atoms with van der Waals surface area (Å²) in [6, 6.07) is 3.77. The molecular weight excluding hydrogens is 206 g/mol. The largest absolute Gasteiger partial charge is 0.398 e. The van der Waals surface area contributed by atoms with Crippen LogP contribution in [0.4, 0.5) is 5.69 Å². The Morgan fingerprint density at radius 2 is 2.27 bits per heavy atom. The molecule has 0 atom stereocenters. The Morgan fingerprint density at radius 3 is 3.09 bits per heavy atom. The second-order valence-corrected chi connectivity index (χ2v) is 3.04. The smallest absolute Gasteiger partial charge is 0.131 e. The standard InChI is InChI=1S/C7H6BrN3/c8-7-6-2-1-5(9)3-11(6)4-10-7/h1-4H,9H2. The SMILES string of the molecule is Nc1ccc2c(Br)ncn2c1. The summed E-state index contributed by atoms with van der Waals surface area (Å²) < 4.78 is 2.72. The average Bonchev–Trinajstić information content (AvgIpc) is 2.32. The van der Waals surface area contributed by atoms with E-state index in [1.165, 1.54) is 0 Å². The van der Waals surface area contributed by atoms with Gasteiger partial charge in [0.1, 0.15) is 10.9 Å². The van der Waals surface area contributed by atoms with Gasteiger partial charge in [-0.15, -0.1) is 0 Å². The number of fused-ring (bicyclic) bond motifs is 1. The summed E-state index contributed by atoms with van der Waals surface area (Å²) in [4.78, 5) is 4.06. The molecule has 0 unspecified atom stereocenters. The Kier molecular flexibility index (Phi) is 1.35. The van der Waals surface area contributed by atoms with Crippen LogP contribution >= 0.6 is 15.9 Å². The summed E-state index contributed by atoms with van der Waals surface area (Å²) in [5.74, 6) is 0. The van der Waals surface area contributed by atoms with Crippen molar-refractivity contribution in [1.29, 1.82) is 0 Å². The molecule has 0 aliphatic rings. The molecule has 56 valence electrons. The number of nitrogens with zero attached hydrogens (tertiary/aromatic N) is 2. The number of imidazole rings is 1. The Morgan fingerprint density at radius 1 is 1.45 bits per heavy atom. The van der Waals surface area contributed by atoms with E-state index in [1.54, 1.807) is 6.33 Å². The number of pyridine rings is 1. The molecule has 0 aliphatic heterocycles. The fourth-order valence-corrected chi connectivity index (χ4v) is 1.41. The molecule has 11 heavy (non-hydrogen) atoms. The zero-order valence-corrected chi connectivity index (χ0v) is 7.25. The fraction of sp³-hybridized carbons (Fsp3) is 0. The van der Waals surface area contributed by atoms with Crippen LogP contribution in [-0.2, 0) is 0 Å². The van der Waals surface area contributed by atoms with Gasteiger partial charge in [-0.25, -0.2) is 4.98 Å². The van der Waals surface area contributed by atoms with Crippen LogP contribution in [-0.4, -0.2) is 9.38 Å². The Hall–Kier alpha value is -1.03.